The number of rotatable bonds is 2. The first kappa shape index (κ1) is 16.4. The lowest BCUT2D eigenvalue weighted by atomic mass is 10.1. The summed E-state index contributed by atoms with van der Waals surface area (Å²) >= 11 is 0. The van der Waals surface area contributed by atoms with Crippen LogP contribution >= 0.6 is 0 Å². The van der Waals surface area contributed by atoms with E-state index in [1.807, 2.05) is 35.0 Å². The molecule has 3 heterocycles. The number of amides is 1. The third-order valence-electron chi connectivity index (χ3n) is 4.66. The van der Waals surface area contributed by atoms with E-state index in [1.165, 1.54) is 6.92 Å². The van der Waals surface area contributed by atoms with Gasteiger partial charge in [-0.3, -0.25) is 14.5 Å². The molecular weight excluding hydrogens is 360 g/mol. The van der Waals surface area contributed by atoms with Crippen LogP contribution in [0.3, 0.4) is 0 Å². The fourth-order valence-corrected chi connectivity index (χ4v) is 3.37. The molecule has 0 bridgehead atoms. The van der Waals surface area contributed by atoms with Gasteiger partial charge in [0.15, 0.2) is 5.58 Å². The van der Waals surface area contributed by atoms with E-state index < -0.39 is 5.76 Å². The van der Waals surface area contributed by atoms with Gasteiger partial charge in [0.2, 0.25) is 5.91 Å². The Morgan fingerprint density at radius 1 is 1.21 bits per heavy atom. The molecule has 0 saturated heterocycles. The van der Waals surface area contributed by atoms with Gasteiger partial charge >= 0.3 is 5.76 Å². The van der Waals surface area contributed by atoms with Crippen molar-refractivity contribution >= 4 is 22.7 Å². The molecular formula is C20H16N4O4. The number of ether oxygens (including phenoxy) is 1. The molecule has 0 fully saturated rings. The van der Waals surface area contributed by atoms with Gasteiger partial charge in [0, 0.05) is 29.8 Å². The van der Waals surface area contributed by atoms with Gasteiger partial charge in [-0.15, -0.1) is 0 Å². The smallest absolute Gasteiger partial charge is 0.417 e. The molecule has 0 radical (unpaired) electrons. The number of aromatic nitrogens is 3. The minimum Gasteiger partial charge on any atom is -0.487 e. The SMILES string of the molecule is CC(=O)Nc1ccc2c(c1)OCc1cc(-c3ccc4[nH]c(=O)oc4c3)nn1C2. The molecule has 8 nitrogen and oxygen atoms in total. The Hall–Kier alpha value is -3.81. The third-order valence-corrected chi connectivity index (χ3v) is 4.66. The molecule has 0 unspecified atom stereocenters. The van der Waals surface area contributed by atoms with Gasteiger partial charge in [-0.1, -0.05) is 12.1 Å². The number of H-pyrrole nitrogens is 1. The highest BCUT2D eigenvalue weighted by molar-refractivity contribution is 5.89. The summed E-state index contributed by atoms with van der Waals surface area (Å²) in [5, 5.41) is 7.46. The number of hydrogen-bond acceptors (Lipinski definition) is 5. The van der Waals surface area contributed by atoms with Crippen molar-refractivity contribution in [2.24, 2.45) is 0 Å². The highest BCUT2D eigenvalue weighted by atomic mass is 16.5. The Bertz CT molecular complexity index is 1280. The van der Waals surface area contributed by atoms with Crippen molar-refractivity contribution in [1.29, 1.82) is 0 Å². The quantitative estimate of drug-likeness (QED) is 0.560. The van der Waals surface area contributed by atoms with Gasteiger partial charge < -0.3 is 14.5 Å². The van der Waals surface area contributed by atoms with E-state index in [1.54, 1.807) is 12.1 Å². The van der Waals surface area contributed by atoms with Crippen LogP contribution in [0.15, 0.2) is 51.7 Å². The van der Waals surface area contributed by atoms with Crippen molar-refractivity contribution in [3.63, 3.8) is 0 Å². The van der Waals surface area contributed by atoms with E-state index in [0.29, 0.717) is 29.9 Å². The minimum atomic E-state index is -0.476. The lowest BCUT2D eigenvalue weighted by molar-refractivity contribution is -0.114. The summed E-state index contributed by atoms with van der Waals surface area (Å²) in [5.74, 6) is 0.131. The van der Waals surface area contributed by atoms with Gasteiger partial charge in [-0.05, 0) is 24.3 Å². The van der Waals surface area contributed by atoms with Crippen LogP contribution in [-0.2, 0) is 17.9 Å². The molecule has 140 valence electrons. The Morgan fingerprint density at radius 3 is 2.96 bits per heavy atom. The number of anilines is 1. The standard InChI is InChI=1S/C20H16N4O4/c1-11(25)21-14-4-2-13-9-24-15(10-27-18(13)7-14)8-17(23-24)12-3-5-16-19(6-12)28-20(26)22-16/h2-8H,9-10H2,1H3,(H,21,25)(H,22,26). The van der Waals surface area contributed by atoms with E-state index >= 15 is 0 Å². The first-order valence-corrected chi connectivity index (χ1v) is 8.78. The molecule has 0 spiro atoms. The van der Waals surface area contributed by atoms with Crippen LogP contribution in [0, 0.1) is 0 Å². The van der Waals surface area contributed by atoms with Crippen LogP contribution in [0.5, 0.6) is 5.75 Å². The van der Waals surface area contributed by atoms with Crippen LogP contribution in [0.2, 0.25) is 0 Å². The molecule has 0 atom stereocenters. The molecule has 0 saturated carbocycles. The monoisotopic (exact) mass is 376 g/mol. The molecule has 2 aromatic carbocycles. The summed E-state index contributed by atoms with van der Waals surface area (Å²) in [6.07, 6.45) is 0. The Kier molecular flexibility index (Phi) is 3.58. The van der Waals surface area contributed by atoms with Crippen LogP contribution in [-0.4, -0.2) is 20.7 Å². The Labute approximate surface area is 158 Å². The van der Waals surface area contributed by atoms with Crippen molar-refractivity contribution in [1.82, 2.24) is 14.8 Å². The molecule has 2 N–H and O–H groups in total. The molecule has 1 aliphatic heterocycles. The predicted octanol–water partition coefficient (Wildman–Crippen LogP) is 2.88. The van der Waals surface area contributed by atoms with Gasteiger partial charge in [-0.25, -0.2) is 4.79 Å². The molecule has 5 rings (SSSR count). The second-order valence-corrected chi connectivity index (χ2v) is 6.70. The lowest BCUT2D eigenvalue weighted by Crippen LogP contribution is -2.06. The zero-order valence-electron chi connectivity index (χ0n) is 15.0. The van der Waals surface area contributed by atoms with E-state index in [-0.39, 0.29) is 5.91 Å². The normalized spacial score (nSPS) is 12.8. The largest absolute Gasteiger partial charge is 0.487 e. The summed E-state index contributed by atoms with van der Waals surface area (Å²) in [6.45, 7) is 2.40. The molecule has 8 heteroatoms. The first-order chi connectivity index (χ1) is 13.5. The number of benzene rings is 2. The van der Waals surface area contributed by atoms with Crippen molar-refractivity contribution < 1.29 is 13.9 Å². The van der Waals surface area contributed by atoms with Crippen molar-refractivity contribution in [2.45, 2.75) is 20.1 Å². The minimum absolute atomic E-state index is 0.124. The van der Waals surface area contributed by atoms with Crippen LogP contribution in [0.1, 0.15) is 18.2 Å². The van der Waals surface area contributed by atoms with Gasteiger partial charge in [0.1, 0.15) is 12.4 Å². The van der Waals surface area contributed by atoms with E-state index in [0.717, 1.165) is 28.3 Å². The zero-order chi connectivity index (χ0) is 19.3. The van der Waals surface area contributed by atoms with E-state index in [9.17, 15) is 9.59 Å². The van der Waals surface area contributed by atoms with Crippen LogP contribution < -0.4 is 15.8 Å². The topological polar surface area (TPSA) is 102 Å². The maximum absolute atomic E-state index is 11.4. The summed E-state index contributed by atoms with van der Waals surface area (Å²) in [5.41, 5.74) is 5.41. The molecule has 4 aromatic rings. The highest BCUT2D eigenvalue weighted by Gasteiger charge is 2.18. The zero-order valence-corrected chi connectivity index (χ0v) is 15.0. The number of aromatic amines is 1. The predicted molar refractivity (Wildman–Crippen MR) is 102 cm³/mol. The summed E-state index contributed by atoms with van der Waals surface area (Å²) in [6, 6.07) is 13.1. The Morgan fingerprint density at radius 2 is 2.11 bits per heavy atom. The first-order valence-electron chi connectivity index (χ1n) is 8.78. The van der Waals surface area contributed by atoms with Crippen molar-refractivity contribution in [2.75, 3.05) is 5.32 Å². The van der Waals surface area contributed by atoms with Gasteiger partial charge in [0.05, 0.1) is 23.4 Å². The second-order valence-electron chi connectivity index (χ2n) is 6.70. The second kappa shape index (κ2) is 6.12. The third kappa shape index (κ3) is 2.84. The van der Waals surface area contributed by atoms with Crippen molar-refractivity contribution in [3.8, 4) is 17.0 Å². The fraction of sp³-hybridized carbons (Fsp3) is 0.150. The average molecular weight is 376 g/mol. The summed E-state index contributed by atoms with van der Waals surface area (Å²) < 4.78 is 13.0. The Balaban J connectivity index is 1.48. The van der Waals surface area contributed by atoms with Crippen LogP contribution in [0.25, 0.3) is 22.4 Å². The molecule has 1 amide bonds. The summed E-state index contributed by atoms with van der Waals surface area (Å²) in [7, 11) is 0. The van der Waals surface area contributed by atoms with E-state index in [4.69, 9.17) is 14.3 Å². The molecule has 28 heavy (non-hydrogen) atoms. The number of oxazole rings is 1. The number of carbonyl (C=O) groups excluding carboxylic acids is 1. The fourth-order valence-electron chi connectivity index (χ4n) is 3.37. The van der Waals surface area contributed by atoms with Crippen molar-refractivity contribution in [3.05, 3.63) is 64.3 Å². The van der Waals surface area contributed by atoms with E-state index in [2.05, 4.69) is 10.3 Å². The number of carbonyl (C=O) groups is 1. The molecule has 0 aliphatic carbocycles. The number of nitrogens with one attached hydrogen (secondary N) is 2. The number of fused-ring (bicyclic) bond motifs is 3. The number of hydrogen-bond donors (Lipinski definition) is 2. The number of nitrogens with zero attached hydrogens (tertiary/aromatic N) is 2. The molecule has 2 aromatic heterocycles. The summed E-state index contributed by atoms with van der Waals surface area (Å²) in [4.78, 5) is 25.2. The highest BCUT2D eigenvalue weighted by Crippen LogP contribution is 2.30. The van der Waals surface area contributed by atoms with Crippen LogP contribution in [0.4, 0.5) is 5.69 Å². The van der Waals surface area contributed by atoms with Gasteiger partial charge in [-0.2, -0.15) is 5.10 Å². The average Bonchev–Trinajstić information content (AvgIpc) is 3.18. The molecule has 1 aliphatic rings. The lowest BCUT2D eigenvalue weighted by Gasteiger charge is -2.09. The van der Waals surface area contributed by atoms with Gasteiger partial charge in [0.25, 0.3) is 0 Å². The maximum atomic E-state index is 11.4. The maximum Gasteiger partial charge on any atom is 0.417 e.